The van der Waals surface area contributed by atoms with E-state index >= 15 is 0 Å². The molecule has 0 N–H and O–H groups in total. The van der Waals surface area contributed by atoms with Gasteiger partial charge < -0.3 is 9.47 Å². The number of hydrogen-bond donors (Lipinski definition) is 0. The summed E-state index contributed by atoms with van der Waals surface area (Å²) in [6, 6.07) is 10.7. The van der Waals surface area contributed by atoms with Gasteiger partial charge in [0.25, 0.3) is 0 Å². The van der Waals surface area contributed by atoms with Gasteiger partial charge in [0.2, 0.25) is 5.88 Å². The minimum Gasteiger partial charge on any atom is -0.480 e. The fraction of sp³-hybridized carbons (Fsp3) is 0.474. The normalized spacial score (nSPS) is 21.7. The molecular formula is C19H25N3O2. The standard InChI is InChI=1S/C19H25N3O2/c1-13-5-6-14(2)17(9-13)18-11-22(15(3)12-24-18)10-16-7-8-19(23-4)21-20-16/h5-9,15,18H,10-12H2,1-4H3/t15-,18-/m1/s1. The Kier molecular flexibility index (Phi) is 5.11. The fourth-order valence-corrected chi connectivity index (χ4v) is 3.07. The van der Waals surface area contributed by atoms with Crippen LogP contribution in [0.3, 0.4) is 0 Å². The maximum Gasteiger partial charge on any atom is 0.233 e. The molecule has 0 amide bonds. The number of hydrogen-bond acceptors (Lipinski definition) is 5. The van der Waals surface area contributed by atoms with Crippen LogP contribution >= 0.6 is 0 Å². The van der Waals surface area contributed by atoms with Crippen LogP contribution in [0.5, 0.6) is 5.88 Å². The van der Waals surface area contributed by atoms with Crippen molar-refractivity contribution in [2.45, 2.75) is 39.5 Å². The van der Waals surface area contributed by atoms with Crippen LogP contribution in [-0.4, -0.2) is 41.4 Å². The molecule has 1 saturated heterocycles. The fourth-order valence-electron chi connectivity index (χ4n) is 3.07. The van der Waals surface area contributed by atoms with E-state index < -0.39 is 0 Å². The van der Waals surface area contributed by atoms with E-state index in [-0.39, 0.29) is 6.10 Å². The summed E-state index contributed by atoms with van der Waals surface area (Å²) in [6.07, 6.45) is 0.104. The van der Waals surface area contributed by atoms with E-state index in [1.54, 1.807) is 7.11 Å². The lowest BCUT2D eigenvalue weighted by molar-refractivity contribution is -0.0640. The lowest BCUT2D eigenvalue weighted by Crippen LogP contribution is -2.44. The number of morpholine rings is 1. The molecular weight excluding hydrogens is 302 g/mol. The predicted molar refractivity (Wildman–Crippen MR) is 93.1 cm³/mol. The van der Waals surface area contributed by atoms with Crippen molar-refractivity contribution in [3.63, 3.8) is 0 Å². The van der Waals surface area contributed by atoms with E-state index in [2.05, 4.69) is 54.1 Å². The van der Waals surface area contributed by atoms with Crippen LogP contribution < -0.4 is 4.74 Å². The molecule has 0 radical (unpaired) electrons. The summed E-state index contributed by atoms with van der Waals surface area (Å²) in [5.41, 5.74) is 4.78. The minimum absolute atomic E-state index is 0.104. The molecule has 1 fully saturated rings. The Morgan fingerprint density at radius 1 is 1.21 bits per heavy atom. The van der Waals surface area contributed by atoms with Crippen molar-refractivity contribution in [1.82, 2.24) is 15.1 Å². The molecule has 2 heterocycles. The van der Waals surface area contributed by atoms with Gasteiger partial charge >= 0.3 is 0 Å². The molecule has 1 aliphatic heterocycles. The van der Waals surface area contributed by atoms with Gasteiger partial charge in [-0.15, -0.1) is 5.10 Å². The predicted octanol–water partition coefficient (Wildman–Crippen LogP) is 3.06. The molecule has 0 unspecified atom stereocenters. The summed E-state index contributed by atoms with van der Waals surface area (Å²) >= 11 is 0. The topological polar surface area (TPSA) is 47.5 Å². The van der Waals surface area contributed by atoms with E-state index in [0.717, 1.165) is 25.4 Å². The third-order valence-electron chi connectivity index (χ3n) is 4.61. The van der Waals surface area contributed by atoms with Gasteiger partial charge in [0.15, 0.2) is 0 Å². The molecule has 3 rings (SSSR count). The first kappa shape index (κ1) is 16.9. The molecule has 5 nitrogen and oxygen atoms in total. The van der Waals surface area contributed by atoms with Gasteiger partial charge in [0, 0.05) is 25.2 Å². The first-order valence-electron chi connectivity index (χ1n) is 8.36. The van der Waals surface area contributed by atoms with Crippen LogP contribution in [0.2, 0.25) is 0 Å². The van der Waals surface area contributed by atoms with Gasteiger partial charge in [-0.2, -0.15) is 5.10 Å². The third kappa shape index (κ3) is 3.74. The van der Waals surface area contributed by atoms with Gasteiger partial charge in [0.1, 0.15) is 0 Å². The van der Waals surface area contributed by atoms with Crippen molar-refractivity contribution >= 4 is 0 Å². The van der Waals surface area contributed by atoms with E-state index in [9.17, 15) is 0 Å². The largest absolute Gasteiger partial charge is 0.480 e. The number of nitrogens with zero attached hydrogens (tertiary/aromatic N) is 3. The molecule has 0 bridgehead atoms. The molecule has 2 atom stereocenters. The quantitative estimate of drug-likeness (QED) is 0.864. The molecule has 1 aromatic heterocycles. The van der Waals surface area contributed by atoms with Gasteiger partial charge in [-0.05, 0) is 38.0 Å². The average molecular weight is 327 g/mol. The second-order valence-corrected chi connectivity index (χ2v) is 6.53. The molecule has 1 aliphatic rings. The van der Waals surface area contributed by atoms with E-state index in [1.165, 1.54) is 16.7 Å². The van der Waals surface area contributed by atoms with Crippen molar-refractivity contribution in [2.24, 2.45) is 0 Å². The monoisotopic (exact) mass is 327 g/mol. The molecule has 24 heavy (non-hydrogen) atoms. The van der Waals surface area contributed by atoms with Crippen molar-refractivity contribution in [3.8, 4) is 5.88 Å². The second-order valence-electron chi connectivity index (χ2n) is 6.53. The molecule has 128 valence electrons. The van der Waals surface area contributed by atoms with Gasteiger partial charge in [-0.3, -0.25) is 4.90 Å². The molecule has 5 heteroatoms. The highest BCUT2D eigenvalue weighted by atomic mass is 16.5. The highest BCUT2D eigenvalue weighted by Gasteiger charge is 2.28. The second kappa shape index (κ2) is 7.28. The molecule has 0 saturated carbocycles. The highest BCUT2D eigenvalue weighted by Crippen LogP contribution is 2.28. The number of aryl methyl sites for hydroxylation is 2. The van der Waals surface area contributed by atoms with Crippen LogP contribution in [0.25, 0.3) is 0 Å². The van der Waals surface area contributed by atoms with Crippen LogP contribution in [0.4, 0.5) is 0 Å². The van der Waals surface area contributed by atoms with Gasteiger partial charge in [-0.25, -0.2) is 0 Å². The maximum atomic E-state index is 6.12. The van der Waals surface area contributed by atoms with Gasteiger partial charge in [0.05, 0.1) is 25.5 Å². The number of aromatic nitrogens is 2. The van der Waals surface area contributed by atoms with Crippen molar-refractivity contribution in [2.75, 3.05) is 20.3 Å². The Morgan fingerprint density at radius 2 is 2.04 bits per heavy atom. The average Bonchev–Trinajstić information content (AvgIpc) is 2.60. The first-order valence-corrected chi connectivity index (χ1v) is 8.36. The summed E-state index contributed by atoms with van der Waals surface area (Å²) in [7, 11) is 1.60. The van der Waals surface area contributed by atoms with Crippen LogP contribution in [0.15, 0.2) is 30.3 Å². The SMILES string of the molecule is COc1ccc(CN2C[C@H](c3cc(C)ccc3C)OC[C@H]2C)nn1. The molecule has 1 aromatic carbocycles. The summed E-state index contributed by atoms with van der Waals surface area (Å²) in [5, 5.41) is 8.31. The number of methoxy groups -OCH3 is 1. The molecule has 2 aromatic rings. The first-order chi connectivity index (χ1) is 11.6. The zero-order valence-corrected chi connectivity index (χ0v) is 14.8. The Hall–Kier alpha value is -1.98. The van der Waals surface area contributed by atoms with E-state index in [1.807, 2.05) is 12.1 Å². The maximum absolute atomic E-state index is 6.12. The summed E-state index contributed by atoms with van der Waals surface area (Å²) in [4.78, 5) is 2.41. The molecule has 0 aliphatic carbocycles. The zero-order valence-electron chi connectivity index (χ0n) is 14.8. The van der Waals surface area contributed by atoms with Gasteiger partial charge in [-0.1, -0.05) is 23.8 Å². The number of benzene rings is 1. The zero-order chi connectivity index (χ0) is 17.1. The Morgan fingerprint density at radius 3 is 2.75 bits per heavy atom. The van der Waals surface area contributed by atoms with Crippen molar-refractivity contribution in [1.29, 1.82) is 0 Å². The van der Waals surface area contributed by atoms with Crippen molar-refractivity contribution < 1.29 is 9.47 Å². The molecule has 0 spiro atoms. The summed E-state index contributed by atoms with van der Waals surface area (Å²) < 4.78 is 11.2. The van der Waals surface area contributed by atoms with Crippen LogP contribution in [-0.2, 0) is 11.3 Å². The highest BCUT2D eigenvalue weighted by molar-refractivity contribution is 5.32. The smallest absolute Gasteiger partial charge is 0.233 e. The third-order valence-corrected chi connectivity index (χ3v) is 4.61. The van der Waals surface area contributed by atoms with E-state index in [4.69, 9.17) is 9.47 Å². The van der Waals surface area contributed by atoms with Crippen LogP contribution in [0, 0.1) is 13.8 Å². The Balaban J connectivity index is 1.74. The van der Waals surface area contributed by atoms with Crippen LogP contribution in [0.1, 0.15) is 35.4 Å². The Bertz CT molecular complexity index is 688. The van der Waals surface area contributed by atoms with Crippen molar-refractivity contribution in [3.05, 3.63) is 52.7 Å². The number of rotatable bonds is 4. The lowest BCUT2D eigenvalue weighted by Gasteiger charge is -2.38. The lowest BCUT2D eigenvalue weighted by atomic mass is 9.99. The summed E-state index contributed by atoms with van der Waals surface area (Å²) in [5.74, 6) is 0.544. The Labute approximate surface area is 143 Å². The summed E-state index contributed by atoms with van der Waals surface area (Å²) in [6.45, 7) is 8.81. The van der Waals surface area contributed by atoms with E-state index in [0.29, 0.717) is 11.9 Å². The minimum atomic E-state index is 0.104. The number of ether oxygens (including phenoxy) is 2.